The Labute approximate surface area is 133 Å². The van der Waals surface area contributed by atoms with Gasteiger partial charge in [0.1, 0.15) is 5.82 Å². The van der Waals surface area contributed by atoms with Gasteiger partial charge in [-0.05, 0) is 44.2 Å². The van der Waals surface area contributed by atoms with E-state index in [2.05, 4.69) is 15.3 Å². The van der Waals surface area contributed by atoms with Gasteiger partial charge in [-0.3, -0.25) is 4.79 Å². The summed E-state index contributed by atoms with van der Waals surface area (Å²) in [7, 11) is 0. The van der Waals surface area contributed by atoms with Crippen LogP contribution in [0.3, 0.4) is 0 Å². The highest BCUT2D eigenvalue weighted by Crippen LogP contribution is 2.18. The SMILES string of the molecule is CSc1nc(C)c(CCC(=O)Nc2ccccc2F)c(C)n1. The summed E-state index contributed by atoms with van der Waals surface area (Å²) >= 11 is 1.49. The summed E-state index contributed by atoms with van der Waals surface area (Å²) in [5.74, 6) is -0.659. The summed E-state index contributed by atoms with van der Waals surface area (Å²) in [6.07, 6.45) is 2.72. The molecule has 0 aliphatic heterocycles. The monoisotopic (exact) mass is 319 g/mol. The van der Waals surface area contributed by atoms with Crippen molar-refractivity contribution in [2.24, 2.45) is 0 Å². The van der Waals surface area contributed by atoms with E-state index in [1.165, 1.54) is 17.8 Å². The minimum Gasteiger partial charge on any atom is -0.324 e. The number of para-hydroxylation sites is 1. The van der Waals surface area contributed by atoms with Gasteiger partial charge in [0.05, 0.1) is 5.69 Å². The molecule has 1 heterocycles. The summed E-state index contributed by atoms with van der Waals surface area (Å²) in [5, 5.41) is 3.31. The molecular weight excluding hydrogens is 301 g/mol. The summed E-state index contributed by atoms with van der Waals surface area (Å²) < 4.78 is 13.5. The molecule has 4 nitrogen and oxygen atoms in total. The molecule has 0 saturated heterocycles. The molecule has 0 unspecified atom stereocenters. The van der Waals surface area contributed by atoms with Crippen molar-refractivity contribution in [1.29, 1.82) is 0 Å². The van der Waals surface area contributed by atoms with Crippen LogP contribution in [-0.4, -0.2) is 22.1 Å². The van der Waals surface area contributed by atoms with Crippen LogP contribution in [0.25, 0.3) is 0 Å². The number of nitrogens with one attached hydrogen (secondary N) is 1. The number of amides is 1. The third-order valence-corrected chi connectivity index (χ3v) is 3.88. The zero-order valence-corrected chi connectivity index (χ0v) is 13.6. The molecule has 0 radical (unpaired) electrons. The van der Waals surface area contributed by atoms with Crippen LogP contribution in [0.1, 0.15) is 23.4 Å². The van der Waals surface area contributed by atoms with Crippen LogP contribution in [0.5, 0.6) is 0 Å². The molecule has 1 N–H and O–H groups in total. The highest BCUT2D eigenvalue weighted by Gasteiger charge is 2.11. The number of aryl methyl sites for hydroxylation is 2. The second-order valence-electron chi connectivity index (χ2n) is 4.89. The van der Waals surface area contributed by atoms with Crippen LogP contribution >= 0.6 is 11.8 Å². The van der Waals surface area contributed by atoms with Gasteiger partial charge < -0.3 is 5.32 Å². The number of rotatable bonds is 5. The molecule has 0 spiro atoms. The quantitative estimate of drug-likeness (QED) is 0.677. The zero-order valence-electron chi connectivity index (χ0n) is 12.8. The lowest BCUT2D eigenvalue weighted by Gasteiger charge is -2.10. The average molecular weight is 319 g/mol. The van der Waals surface area contributed by atoms with Crippen molar-refractivity contribution in [1.82, 2.24) is 9.97 Å². The van der Waals surface area contributed by atoms with Crippen molar-refractivity contribution in [3.8, 4) is 0 Å². The first kappa shape index (κ1) is 16.4. The van der Waals surface area contributed by atoms with Gasteiger partial charge in [-0.15, -0.1) is 0 Å². The number of anilines is 1. The van der Waals surface area contributed by atoms with Gasteiger partial charge in [-0.25, -0.2) is 14.4 Å². The van der Waals surface area contributed by atoms with E-state index in [4.69, 9.17) is 0 Å². The number of aromatic nitrogens is 2. The second kappa shape index (κ2) is 7.35. The fraction of sp³-hybridized carbons (Fsp3) is 0.312. The van der Waals surface area contributed by atoms with Crippen molar-refractivity contribution in [3.63, 3.8) is 0 Å². The molecule has 0 aliphatic rings. The van der Waals surface area contributed by atoms with Gasteiger partial charge in [0.25, 0.3) is 0 Å². The Morgan fingerprint density at radius 2 is 1.86 bits per heavy atom. The minimum atomic E-state index is -0.434. The molecule has 2 rings (SSSR count). The van der Waals surface area contributed by atoms with Gasteiger partial charge in [0.15, 0.2) is 5.16 Å². The third-order valence-electron chi connectivity index (χ3n) is 3.33. The van der Waals surface area contributed by atoms with E-state index < -0.39 is 5.82 Å². The second-order valence-corrected chi connectivity index (χ2v) is 5.66. The largest absolute Gasteiger partial charge is 0.324 e. The molecule has 0 aliphatic carbocycles. The summed E-state index contributed by atoms with van der Waals surface area (Å²) in [6, 6.07) is 6.13. The third kappa shape index (κ3) is 4.04. The predicted molar refractivity (Wildman–Crippen MR) is 86.6 cm³/mol. The van der Waals surface area contributed by atoms with E-state index in [1.807, 2.05) is 20.1 Å². The van der Waals surface area contributed by atoms with Crippen molar-refractivity contribution in [2.45, 2.75) is 31.8 Å². The average Bonchev–Trinajstić information content (AvgIpc) is 2.48. The van der Waals surface area contributed by atoms with E-state index in [1.54, 1.807) is 18.2 Å². The Hall–Kier alpha value is -1.95. The van der Waals surface area contributed by atoms with E-state index in [0.717, 1.165) is 22.1 Å². The molecule has 6 heteroatoms. The molecule has 0 fully saturated rings. The van der Waals surface area contributed by atoms with Crippen LogP contribution in [0, 0.1) is 19.7 Å². The van der Waals surface area contributed by atoms with Crippen LogP contribution < -0.4 is 5.32 Å². The van der Waals surface area contributed by atoms with Crippen LogP contribution in [-0.2, 0) is 11.2 Å². The van der Waals surface area contributed by atoms with Crippen LogP contribution in [0.4, 0.5) is 10.1 Å². The molecule has 0 atom stereocenters. The minimum absolute atomic E-state index is 0.204. The van der Waals surface area contributed by atoms with Gasteiger partial charge in [-0.2, -0.15) is 0 Å². The lowest BCUT2D eigenvalue weighted by Crippen LogP contribution is -2.14. The molecule has 22 heavy (non-hydrogen) atoms. The normalized spacial score (nSPS) is 10.5. The van der Waals surface area contributed by atoms with E-state index in [9.17, 15) is 9.18 Å². The number of hydrogen-bond acceptors (Lipinski definition) is 4. The first-order valence-corrected chi connectivity index (χ1v) is 8.16. The van der Waals surface area contributed by atoms with Crippen LogP contribution in [0.15, 0.2) is 29.4 Å². The fourth-order valence-electron chi connectivity index (χ4n) is 2.18. The molecule has 2 aromatic rings. The lowest BCUT2D eigenvalue weighted by molar-refractivity contribution is -0.116. The number of thioether (sulfide) groups is 1. The van der Waals surface area contributed by atoms with Gasteiger partial charge in [0, 0.05) is 17.8 Å². The molecule has 1 amide bonds. The number of benzene rings is 1. The Bertz CT molecular complexity index is 668. The number of nitrogens with zero attached hydrogens (tertiary/aromatic N) is 2. The maximum absolute atomic E-state index is 13.5. The Morgan fingerprint density at radius 3 is 2.45 bits per heavy atom. The molecule has 0 saturated carbocycles. The Balaban J connectivity index is 2.01. The van der Waals surface area contributed by atoms with Crippen LogP contribution in [0.2, 0.25) is 0 Å². The van der Waals surface area contributed by atoms with E-state index >= 15 is 0 Å². The standard InChI is InChI=1S/C16H18FN3OS/c1-10-12(11(2)19-16(18-10)22-3)8-9-15(21)20-14-7-5-4-6-13(14)17/h4-7H,8-9H2,1-3H3,(H,20,21). The first-order chi connectivity index (χ1) is 10.5. The Morgan fingerprint density at radius 1 is 1.23 bits per heavy atom. The fourth-order valence-corrected chi connectivity index (χ4v) is 2.63. The van der Waals surface area contributed by atoms with E-state index in [-0.39, 0.29) is 18.0 Å². The topological polar surface area (TPSA) is 54.9 Å². The number of hydrogen-bond donors (Lipinski definition) is 1. The maximum atomic E-state index is 13.5. The molecule has 1 aromatic carbocycles. The van der Waals surface area contributed by atoms with E-state index in [0.29, 0.717) is 6.42 Å². The number of carbonyl (C=O) groups is 1. The first-order valence-electron chi connectivity index (χ1n) is 6.93. The number of halogens is 1. The highest BCUT2D eigenvalue weighted by atomic mass is 32.2. The maximum Gasteiger partial charge on any atom is 0.224 e. The lowest BCUT2D eigenvalue weighted by atomic mass is 10.1. The summed E-state index contributed by atoms with van der Waals surface area (Å²) in [4.78, 5) is 20.7. The van der Waals surface area contributed by atoms with Crippen molar-refractivity contribution in [3.05, 3.63) is 47.0 Å². The van der Waals surface area contributed by atoms with Gasteiger partial charge >= 0.3 is 0 Å². The van der Waals surface area contributed by atoms with Gasteiger partial charge in [0.2, 0.25) is 5.91 Å². The molecule has 1 aromatic heterocycles. The molecular formula is C16H18FN3OS. The molecule has 116 valence electrons. The van der Waals surface area contributed by atoms with Crippen molar-refractivity contribution >= 4 is 23.4 Å². The molecule has 0 bridgehead atoms. The van der Waals surface area contributed by atoms with Crippen molar-refractivity contribution < 1.29 is 9.18 Å². The predicted octanol–water partition coefficient (Wildman–Crippen LogP) is 3.53. The van der Waals surface area contributed by atoms with Crippen molar-refractivity contribution in [2.75, 3.05) is 11.6 Å². The zero-order chi connectivity index (χ0) is 16.1. The smallest absolute Gasteiger partial charge is 0.224 e. The summed E-state index contributed by atoms with van der Waals surface area (Å²) in [5.41, 5.74) is 2.95. The Kier molecular flexibility index (Phi) is 5.49. The highest BCUT2D eigenvalue weighted by molar-refractivity contribution is 7.98. The van der Waals surface area contributed by atoms with Gasteiger partial charge in [-0.1, -0.05) is 23.9 Å². The number of carbonyl (C=O) groups excluding carboxylic acids is 1. The summed E-state index contributed by atoms with van der Waals surface area (Å²) in [6.45, 7) is 3.83.